The molecule has 1 N–H and O–H groups in total. The van der Waals surface area contributed by atoms with Gasteiger partial charge in [0.2, 0.25) is 0 Å². The minimum Gasteiger partial charge on any atom is -0.466 e. The van der Waals surface area contributed by atoms with Gasteiger partial charge in [-0.25, -0.2) is 0 Å². The second kappa shape index (κ2) is 12.1. The normalized spacial score (nSPS) is 11.5. The molecule has 0 heterocycles. The highest BCUT2D eigenvalue weighted by atomic mass is 32.2. The van der Waals surface area contributed by atoms with E-state index in [4.69, 9.17) is 9.29 Å². The van der Waals surface area contributed by atoms with E-state index >= 15 is 0 Å². The van der Waals surface area contributed by atoms with E-state index in [1.54, 1.807) is 0 Å². The number of unbranched alkanes of at least 4 members (excludes halogenated alkanes) is 7. The van der Waals surface area contributed by atoms with E-state index in [-0.39, 0.29) is 11.7 Å². The minimum absolute atomic E-state index is 0.105. The summed E-state index contributed by atoms with van der Waals surface area (Å²) in [7, 11) is -3.78. The largest absolute Gasteiger partial charge is 0.466 e. The molecule has 0 aromatic rings. The molecule has 6 heteroatoms. The molecule has 0 fully saturated rings. The molecule has 0 aliphatic rings. The molecule has 0 amide bonds. The highest BCUT2D eigenvalue weighted by Gasteiger charge is 2.03. The van der Waals surface area contributed by atoms with E-state index in [9.17, 15) is 13.2 Å². The molecule has 0 bridgehead atoms. The van der Waals surface area contributed by atoms with Crippen molar-refractivity contribution in [3.8, 4) is 0 Å². The zero-order chi connectivity index (χ0) is 15.3. The van der Waals surface area contributed by atoms with Crippen molar-refractivity contribution in [1.82, 2.24) is 0 Å². The fraction of sp³-hybridized carbons (Fsp3) is 0.929. The molecule has 0 saturated carbocycles. The molecule has 0 atom stereocenters. The van der Waals surface area contributed by atoms with Crippen LogP contribution in [0.15, 0.2) is 0 Å². The Labute approximate surface area is 122 Å². The molecule has 0 aromatic carbocycles. The summed E-state index contributed by atoms with van der Waals surface area (Å²) in [6.07, 6.45) is 9.00. The van der Waals surface area contributed by atoms with Crippen molar-refractivity contribution in [2.75, 3.05) is 12.4 Å². The summed E-state index contributed by atoms with van der Waals surface area (Å²) < 4.78 is 34.6. The number of carbonyl (C=O) groups is 1. The molecule has 0 saturated heterocycles. The first-order valence-corrected chi connectivity index (χ1v) is 9.17. The van der Waals surface area contributed by atoms with Crippen molar-refractivity contribution >= 4 is 16.1 Å². The third-order valence-electron chi connectivity index (χ3n) is 3.01. The number of hydrogen-bond donors (Lipinski definition) is 1. The summed E-state index contributed by atoms with van der Waals surface area (Å²) in [5.41, 5.74) is 0. The first-order valence-electron chi connectivity index (χ1n) is 7.56. The van der Waals surface area contributed by atoms with Crippen LogP contribution in [0.4, 0.5) is 0 Å². The quantitative estimate of drug-likeness (QED) is 0.320. The fourth-order valence-corrected chi connectivity index (χ4v) is 2.48. The molecule has 0 aliphatic heterocycles. The summed E-state index contributed by atoms with van der Waals surface area (Å²) in [5.74, 6) is -0.234. The lowest BCUT2D eigenvalue weighted by Crippen LogP contribution is -2.04. The maximum Gasteiger partial charge on any atom is 0.305 e. The number of carbonyl (C=O) groups excluding carboxylic acids is 1. The topological polar surface area (TPSA) is 80.7 Å². The molecule has 0 unspecified atom stereocenters. The summed E-state index contributed by atoms with van der Waals surface area (Å²) in [5, 5.41) is 0. The van der Waals surface area contributed by atoms with Crippen molar-refractivity contribution in [2.24, 2.45) is 0 Å². The first kappa shape index (κ1) is 19.4. The lowest BCUT2D eigenvalue weighted by atomic mass is 10.1. The second-order valence-corrected chi connectivity index (χ2v) is 6.66. The van der Waals surface area contributed by atoms with Crippen molar-refractivity contribution in [2.45, 2.75) is 71.1 Å². The maximum absolute atomic E-state index is 11.1. The summed E-state index contributed by atoms with van der Waals surface area (Å²) >= 11 is 0. The van der Waals surface area contributed by atoms with Crippen LogP contribution in [0.3, 0.4) is 0 Å². The minimum atomic E-state index is -3.78. The first-order chi connectivity index (χ1) is 9.45. The number of esters is 1. The van der Waals surface area contributed by atoms with Gasteiger partial charge in [0.05, 0.1) is 12.4 Å². The van der Waals surface area contributed by atoms with E-state index < -0.39 is 10.1 Å². The number of ether oxygens (including phenoxy) is 1. The van der Waals surface area contributed by atoms with Crippen LogP contribution in [-0.4, -0.2) is 31.3 Å². The Morgan fingerprint density at radius 2 is 1.45 bits per heavy atom. The smallest absolute Gasteiger partial charge is 0.305 e. The predicted octanol–water partition coefficient (Wildman–Crippen LogP) is 3.34. The molecule has 5 nitrogen and oxygen atoms in total. The van der Waals surface area contributed by atoms with E-state index in [0.29, 0.717) is 19.4 Å². The highest BCUT2D eigenvalue weighted by Crippen LogP contribution is 2.09. The Kier molecular flexibility index (Phi) is 11.8. The summed E-state index contributed by atoms with van der Waals surface area (Å²) in [4.78, 5) is 11.1. The van der Waals surface area contributed by atoms with Crippen LogP contribution < -0.4 is 0 Å². The van der Waals surface area contributed by atoms with Gasteiger partial charge in [0.1, 0.15) is 0 Å². The van der Waals surface area contributed by atoms with Crippen LogP contribution in [0.25, 0.3) is 0 Å². The van der Waals surface area contributed by atoms with Crippen molar-refractivity contribution in [3.63, 3.8) is 0 Å². The van der Waals surface area contributed by atoms with Crippen LogP contribution in [0.1, 0.15) is 71.1 Å². The Hall–Kier alpha value is -0.620. The Bertz CT molecular complexity index is 337. The average molecular weight is 308 g/mol. The molecule has 0 radical (unpaired) electrons. The second-order valence-electron chi connectivity index (χ2n) is 5.08. The molecular weight excluding hydrogens is 280 g/mol. The average Bonchev–Trinajstić information content (AvgIpc) is 2.35. The summed E-state index contributed by atoms with van der Waals surface area (Å²) in [6, 6.07) is 0. The van der Waals surface area contributed by atoms with Crippen LogP contribution in [0.2, 0.25) is 0 Å². The number of rotatable bonds is 13. The van der Waals surface area contributed by atoms with E-state index in [0.717, 1.165) is 51.4 Å². The number of hydrogen-bond acceptors (Lipinski definition) is 4. The van der Waals surface area contributed by atoms with Gasteiger partial charge in [-0.05, 0) is 19.3 Å². The Morgan fingerprint density at radius 3 is 1.95 bits per heavy atom. The van der Waals surface area contributed by atoms with Crippen molar-refractivity contribution in [1.29, 1.82) is 0 Å². The lowest BCUT2D eigenvalue weighted by molar-refractivity contribution is -0.143. The van der Waals surface area contributed by atoms with Crippen molar-refractivity contribution in [3.05, 3.63) is 0 Å². The van der Waals surface area contributed by atoms with Gasteiger partial charge >= 0.3 is 5.97 Å². The third kappa shape index (κ3) is 15.4. The van der Waals surface area contributed by atoms with Gasteiger partial charge in [0, 0.05) is 6.42 Å². The van der Waals surface area contributed by atoms with Gasteiger partial charge in [-0.3, -0.25) is 9.35 Å². The monoisotopic (exact) mass is 308 g/mol. The van der Waals surface area contributed by atoms with Crippen LogP contribution in [0, 0.1) is 0 Å². The van der Waals surface area contributed by atoms with Gasteiger partial charge in [0.15, 0.2) is 0 Å². The highest BCUT2D eigenvalue weighted by molar-refractivity contribution is 7.85. The van der Waals surface area contributed by atoms with Gasteiger partial charge in [-0.2, -0.15) is 8.42 Å². The standard InChI is InChI=1S/C14H28O5S/c1-2-11-14(15)19-12-9-7-5-3-4-6-8-10-13-20(16,17)18/h2-13H2,1H3,(H,16,17,18). The zero-order valence-electron chi connectivity index (χ0n) is 12.5. The van der Waals surface area contributed by atoms with Crippen LogP contribution >= 0.6 is 0 Å². The van der Waals surface area contributed by atoms with E-state index in [1.807, 2.05) is 6.92 Å². The van der Waals surface area contributed by atoms with E-state index in [2.05, 4.69) is 0 Å². The predicted molar refractivity (Wildman–Crippen MR) is 79.2 cm³/mol. The molecule has 0 aromatic heterocycles. The molecule has 0 rings (SSSR count). The van der Waals surface area contributed by atoms with Crippen LogP contribution in [-0.2, 0) is 19.6 Å². The molecule has 0 aliphatic carbocycles. The molecule has 20 heavy (non-hydrogen) atoms. The summed E-state index contributed by atoms with van der Waals surface area (Å²) in [6.45, 7) is 2.48. The lowest BCUT2D eigenvalue weighted by Gasteiger charge is -2.04. The van der Waals surface area contributed by atoms with Gasteiger partial charge in [0.25, 0.3) is 10.1 Å². The van der Waals surface area contributed by atoms with Crippen LogP contribution in [0.5, 0.6) is 0 Å². The van der Waals surface area contributed by atoms with Gasteiger partial charge in [-0.15, -0.1) is 0 Å². The van der Waals surface area contributed by atoms with E-state index in [1.165, 1.54) is 0 Å². The third-order valence-corrected chi connectivity index (χ3v) is 3.82. The Morgan fingerprint density at radius 1 is 0.950 bits per heavy atom. The van der Waals surface area contributed by atoms with Gasteiger partial charge < -0.3 is 4.74 Å². The zero-order valence-corrected chi connectivity index (χ0v) is 13.3. The van der Waals surface area contributed by atoms with Gasteiger partial charge in [-0.1, -0.05) is 45.4 Å². The molecule has 120 valence electrons. The fourth-order valence-electron chi connectivity index (χ4n) is 1.91. The molecule has 0 spiro atoms. The Balaban J connectivity index is 3.15. The maximum atomic E-state index is 11.1. The van der Waals surface area contributed by atoms with Crippen molar-refractivity contribution < 1.29 is 22.5 Å². The molecular formula is C14H28O5S. The SMILES string of the molecule is CCCC(=O)OCCCCCCCCCCS(=O)(=O)O.